The summed E-state index contributed by atoms with van der Waals surface area (Å²) < 4.78 is 39.4. The number of nitrogens with one attached hydrogen (secondary N) is 3. The number of amides is 3. The van der Waals surface area contributed by atoms with Crippen molar-refractivity contribution in [1.29, 1.82) is 0 Å². The molecule has 0 bridgehead atoms. The number of hydrogen-bond acceptors (Lipinski definition) is 4. The fourth-order valence-corrected chi connectivity index (χ4v) is 2.06. The highest BCUT2D eigenvalue weighted by atomic mass is 19.2. The second kappa shape index (κ2) is 9.36. The van der Waals surface area contributed by atoms with Crippen LogP contribution in [0.5, 0.6) is 0 Å². The summed E-state index contributed by atoms with van der Waals surface area (Å²) in [6.07, 6.45) is 0. The molecule has 1 rings (SSSR count). The predicted molar refractivity (Wildman–Crippen MR) is 93.3 cm³/mol. The van der Waals surface area contributed by atoms with Crippen molar-refractivity contribution in [2.24, 2.45) is 0 Å². The normalized spacial score (nSPS) is 11.3. The molecule has 27 heavy (non-hydrogen) atoms. The van der Waals surface area contributed by atoms with Gasteiger partial charge in [0.05, 0.1) is 25.3 Å². The lowest BCUT2D eigenvalue weighted by Crippen LogP contribution is -2.47. The topological polar surface area (TPSA) is 90.5 Å². The average Bonchev–Trinajstić information content (AvgIpc) is 2.51. The minimum absolute atomic E-state index is 0.0169. The van der Waals surface area contributed by atoms with Crippen molar-refractivity contribution in [3.05, 3.63) is 29.6 Å². The predicted octanol–water partition coefficient (Wildman–Crippen LogP) is 1.01. The van der Waals surface area contributed by atoms with E-state index in [0.717, 1.165) is 6.07 Å². The molecule has 0 aliphatic carbocycles. The Kier molecular flexibility index (Phi) is 7.77. The second-order valence-corrected chi connectivity index (χ2v) is 7.02. The Morgan fingerprint density at radius 2 is 1.56 bits per heavy atom. The molecular weight excluding hydrogens is 365 g/mol. The summed E-state index contributed by atoms with van der Waals surface area (Å²) in [6.45, 7) is 4.81. The first-order valence-electron chi connectivity index (χ1n) is 8.08. The SMILES string of the molecule is CN(CC(=O)NCC(=O)Nc1ccc(F)c(F)c1F)CC(=O)NC(C)(C)C. The molecule has 0 heterocycles. The minimum atomic E-state index is -1.70. The van der Waals surface area contributed by atoms with Gasteiger partial charge in [0.15, 0.2) is 17.5 Å². The molecular formula is C17H23F3N4O3. The molecule has 0 unspecified atom stereocenters. The zero-order chi connectivity index (χ0) is 20.8. The van der Waals surface area contributed by atoms with E-state index in [-0.39, 0.29) is 19.0 Å². The number of carbonyl (C=O) groups is 3. The van der Waals surface area contributed by atoms with E-state index in [0.29, 0.717) is 6.07 Å². The Morgan fingerprint density at radius 1 is 0.963 bits per heavy atom. The molecule has 0 aliphatic rings. The molecule has 0 atom stereocenters. The van der Waals surface area contributed by atoms with Crippen LogP contribution in [0.1, 0.15) is 20.8 Å². The highest BCUT2D eigenvalue weighted by Crippen LogP contribution is 2.19. The zero-order valence-corrected chi connectivity index (χ0v) is 15.6. The van der Waals surface area contributed by atoms with E-state index in [9.17, 15) is 27.6 Å². The van der Waals surface area contributed by atoms with Gasteiger partial charge < -0.3 is 16.0 Å². The molecule has 150 valence electrons. The fraction of sp³-hybridized carbons (Fsp3) is 0.471. The van der Waals surface area contributed by atoms with Crippen molar-refractivity contribution >= 4 is 23.4 Å². The Hall–Kier alpha value is -2.62. The standard InChI is InChI=1S/C17H23F3N4O3/c1-17(2,3)23-14(27)9-24(4)8-13(26)21-7-12(25)22-11-6-5-10(18)15(19)16(11)20/h5-6H,7-9H2,1-4H3,(H,21,26)(H,22,25)(H,23,27). The van der Waals surface area contributed by atoms with Crippen molar-refractivity contribution in [2.75, 3.05) is 32.0 Å². The molecule has 0 saturated carbocycles. The highest BCUT2D eigenvalue weighted by molar-refractivity contribution is 5.94. The summed E-state index contributed by atoms with van der Waals surface area (Å²) in [5, 5.41) is 7.06. The van der Waals surface area contributed by atoms with Crippen LogP contribution in [0.15, 0.2) is 12.1 Å². The van der Waals surface area contributed by atoms with Gasteiger partial charge in [-0.25, -0.2) is 13.2 Å². The molecule has 3 N–H and O–H groups in total. The lowest BCUT2D eigenvalue weighted by Gasteiger charge is -2.23. The molecule has 1 aromatic carbocycles. The van der Waals surface area contributed by atoms with Crippen molar-refractivity contribution in [3.63, 3.8) is 0 Å². The van der Waals surface area contributed by atoms with E-state index in [1.165, 1.54) is 4.90 Å². The Balaban J connectivity index is 2.42. The number of benzene rings is 1. The van der Waals surface area contributed by atoms with Gasteiger partial charge in [-0.2, -0.15) is 0 Å². The van der Waals surface area contributed by atoms with Gasteiger partial charge in [-0.1, -0.05) is 0 Å². The first-order valence-corrected chi connectivity index (χ1v) is 8.08. The summed E-state index contributed by atoms with van der Waals surface area (Å²) >= 11 is 0. The maximum Gasteiger partial charge on any atom is 0.243 e. The molecule has 10 heteroatoms. The number of nitrogens with zero attached hydrogens (tertiary/aromatic N) is 1. The maximum absolute atomic E-state index is 13.5. The summed E-state index contributed by atoms with van der Waals surface area (Å²) in [5.41, 5.74) is -0.933. The molecule has 1 aromatic rings. The number of anilines is 1. The van der Waals surface area contributed by atoms with Gasteiger partial charge in [0.25, 0.3) is 0 Å². The smallest absolute Gasteiger partial charge is 0.243 e. The lowest BCUT2D eigenvalue weighted by molar-refractivity contribution is -0.126. The molecule has 3 amide bonds. The first kappa shape index (κ1) is 22.4. The van der Waals surface area contributed by atoms with Crippen LogP contribution in [0.2, 0.25) is 0 Å². The molecule has 7 nitrogen and oxygen atoms in total. The van der Waals surface area contributed by atoms with Crippen LogP contribution in [0.4, 0.5) is 18.9 Å². The van der Waals surface area contributed by atoms with Crippen LogP contribution in [-0.4, -0.2) is 54.8 Å². The second-order valence-electron chi connectivity index (χ2n) is 7.02. The largest absolute Gasteiger partial charge is 0.350 e. The Bertz CT molecular complexity index is 720. The van der Waals surface area contributed by atoms with E-state index < -0.39 is 47.0 Å². The van der Waals surface area contributed by atoms with Gasteiger partial charge in [0.1, 0.15) is 0 Å². The van der Waals surface area contributed by atoms with Gasteiger partial charge in [-0.3, -0.25) is 19.3 Å². The third-order valence-corrected chi connectivity index (χ3v) is 3.10. The molecule has 0 aliphatic heterocycles. The maximum atomic E-state index is 13.5. The van der Waals surface area contributed by atoms with Crippen molar-refractivity contribution in [3.8, 4) is 0 Å². The van der Waals surface area contributed by atoms with Gasteiger partial charge in [-0.05, 0) is 40.0 Å². The molecule has 0 saturated heterocycles. The Labute approximate surface area is 155 Å². The monoisotopic (exact) mass is 388 g/mol. The lowest BCUT2D eigenvalue weighted by atomic mass is 10.1. The van der Waals surface area contributed by atoms with Gasteiger partial charge >= 0.3 is 0 Å². The summed E-state index contributed by atoms with van der Waals surface area (Å²) in [7, 11) is 1.55. The molecule has 0 spiro atoms. The van der Waals surface area contributed by atoms with E-state index >= 15 is 0 Å². The first-order chi connectivity index (χ1) is 12.4. The Morgan fingerprint density at radius 3 is 2.15 bits per heavy atom. The summed E-state index contributed by atoms with van der Waals surface area (Å²) in [5.74, 6) is -6.23. The van der Waals surface area contributed by atoms with Crippen LogP contribution >= 0.6 is 0 Å². The van der Waals surface area contributed by atoms with Gasteiger partial charge in [0.2, 0.25) is 17.7 Å². The van der Waals surface area contributed by atoms with Crippen LogP contribution < -0.4 is 16.0 Å². The van der Waals surface area contributed by atoms with Crippen LogP contribution in [0, 0.1) is 17.5 Å². The number of hydrogen-bond donors (Lipinski definition) is 3. The van der Waals surface area contributed by atoms with Crippen LogP contribution in [0.3, 0.4) is 0 Å². The third-order valence-electron chi connectivity index (χ3n) is 3.10. The van der Waals surface area contributed by atoms with Crippen molar-refractivity contribution in [2.45, 2.75) is 26.3 Å². The zero-order valence-electron chi connectivity index (χ0n) is 15.6. The minimum Gasteiger partial charge on any atom is -0.350 e. The number of rotatable bonds is 7. The van der Waals surface area contributed by atoms with E-state index in [1.54, 1.807) is 7.05 Å². The highest BCUT2D eigenvalue weighted by Gasteiger charge is 2.18. The third kappa shape index (κ3) is 8.07. The van der Waals surface area contributed by atoms with Crippen LogP contribution in [0.25, 0.3) is 0 Å². The number of carbonyl (C=O) groups excluding carboxylic acids is 3. The molecule has 0 fully saturated rings. The quantitative estimate of drug-likeness (QED) is 0.608. The number of halogens is 3. The van der Waals surface area contributed by atoms with Crippen molar-refractivity contribution in [1.82, 2.24) is 15.5 Å². The molecule has 0 aromatic heterocycles. The summed E-state index contributed by atoms with van der Waals surface area (Å²) in [6, 6.07) is 1.54. The van der Waals surface area contributed by atoms with E-state index in [4.69, 9.17) is 0 Å². The van der Waals surface area contributed by atoms with Gasteiger partial charge in [0, 0.05) is 5.54 Å². The van der Waals surface area contributed by atoms with Gasteiger partial charge in [-0.15, -0.1) is 0 Å². The van der Waals surface area contributed by atoms with Crippen molar-refractivity contribution < 1.29 is 27.6 Å². The van der Waals surface area contributed by atoms with Crippen LogP contribution in [-0.2, 0) is 14.4 Å². The van der Waals surface area contributed by atoms with E-state index in [2.05, 4.69) is 10.6 Å². The fourth-order valence-electron chi connectivity index (χ4n) is 2.06. The number of likely N-dealkylation sites (N-methyl/N-ethyl adjacent to an activating group) is 1. The average molecular weight is 388 g/mol. The molecule has 0 radical (unpaired) electrons. The van der Waals surface area contributed by atoms with E-state index in [1.807, 2.05) is 26.1 Å². The summed E-state index contributed by atoms with van der Waals surface area (Å²) in [4.78, 5) is 36.7.